The minimum absolute atomic E-state index is 0.0855. The van der Waals surface area contributed by atoms with E-state index in [0.717, 1.165) is 5.56 Å². The maximum atomic E-state index is 11.6. The fraction of sp³-hybridized carbons (Fsp3) is 0.455. The van der Waals surface area contributed by atoms with E-state index >= 15 is 0 Å². The largest absolute Gasteiger partial charge is 0.522 e. The summed E-state index contributed by atoms with van der Waals surface area (Å²) in [6.07, 6.45) is -4.61. The first kappa shape index (κ1) is 13.8. The normalized spacial score (nSPS) is 13.5. The molecule has 0 radical (unpaired) electrons. The first-order valence-electron chi connectivity index (χ1n) is 5.07. The number of alkyl halides is 3. The summed E-state index contributed by atoms with van der Waals surface area (Å²) in [6.45, 7) is 1.16. The van der Waals surface area contributed by atoms with Gasteiger partial charge < -0.3 is 10.5 Å². The van der Waals surface area contributed by atoms with Crippen molar-refractivity contribution in [2.75, 3.05) is 13.2 Å². The third-order valence-electron chi connectivity index (χ3n) is 2.02. The minimum atomic E-state index is -4.61. The molecule has 0 spiro atoms. The molecule has 1 rings (SSSR count). The molecule has 0 saturated carbocycles. The number of rotatable bonds is 5. The van der Waals surface area contributed by atoms with E-state index in [9.17, 15) is 13.2 Å². The fourth-order valence-corrected chi connectivity index (χ4v) is 1.18. The van der Waals surface area contributed by atoms with Crippen LogP contribution in [-0.2, 0) is 4.74 Å². The molecule has 2 N–H and O–H groups in total. The molecule has 0 aliphatic rings. The average molecular weight is 249 g/mol. The van der Waals surface area contributed by atoms with Gasteiger partial charge in [0.05, 0.1) is 6.61 Å². The van der Waals surface area contributed by atoms with Crippen molar-refractivity contribution >= 4 is 0 Å². The van der Waals surface area contributed by atoms with Crippen LogP contribution in [0.25, 0.3) is 0 Å². The third-order valence-corrected chi connectivity index (χ3v) is 2.02. The Hall–Kier alpha value is -1.27. The predicted octanol–water partition coefficient (Wildman–Crippen LogP) is 2.62. The van der Waals surface area contributed by atoms with Gasteiger partial charge in [-0.2, -0.15) is 0 Å². The van der Waals surface area contributed by atoms with E-state index in [2.05, 4.69) is 4.74 Å². The summed E-state index contributed by atoms with van der Waals surface area (Å²) in [4.78, 5) is 0. The molecule has 0 amide bonds. The second-order valence-corrected chi connectivity index (χ2v) is 3.50. The molecule has 0 fully saturated rings. The Bertz CT molecular complexity index is 336. The SMILES string of the molecule is C[C@H](N)c1ccc(OCCOC(F)(F)F)cc1. The Morgan fingerprint density at radius 3 is 2.24 bits per heavy atom. The number of hydrogen-bond acceptors (Lipinski definition) is 3. The Labute approximate surface area is 97.3 Å². The van der Waals surface area contributed by atoms with Gasteiger partial charge in [0.15, 0.2) is 0 Å². The molecular formula is C11H14F3NO2. The summed E-state index contributed by atoms with van der Waals surface area (Å²) in [5, 5.41) is 0. The van der Waals surface area contributed by atoms with Gasteiger partial charge in [0.25, 0.3) is 0 Å². The highest BCUT2D eigenvalue weighted by molar-refractivity contribution is 5.28. The monoisotopic (exact) mass is 249 g/mol. The maximum absolute atomic E-state index is 11.6. The average Bonchev–Trinajstić information content (AvgIpc) is 2.24. The number of ether oxygens (including phenoxy) is 2. The van der Waals surface area contributed by atoms with Gasteiger partial charge in [0.1, 0.15) is 12.4 Å². The lowest BCUT2D eigenvalue weighted by Gasteiger charge is -2.10. The topological polar surface area (TPSA) is 44.5 Å². The summed E-state index contributed by atoms with van der Waals surface area (Å²) in [7, 11) is 0. The predicted molar refractivity (Wildman–Crippen MR) is 56.5 cm³/mol. The van der Waals surface area contributed by atoms with Gasteiger partial charge in [-0.15, -0.1) is 13.2 Å². The van der Waals surface area contributed by atoms with E-state index in [1.165, 1.54) is 0 Å². The Balaban J connectivity index is 2.33. The second-order valence-electron chi connectivity index (χ2n) is 3.50. The number of benzene rings is 1. The molecule has 3 nitrogen and oxygen atoms in total. The van der Waals surface area contributed by atoms with Crippen molar-refractivity contribution in [3.8, 4) is 5.75 Å². The summed E-state index contributed by atoms with van der Waals surface area (Å²) in [5.74, 6) is 0.486. The second kappa shape index (κ2) is 5.88. The van der Waals surface area contributed by atoms with Gasteiger partial charge in [-0.25, -0.2) is 0 Å². The molecule has 0 aromatic heterocycles. The number of halogens is 3. The van der Waals surface area contributed by atoms with Crippen LogP contribution < -0.4 is 10.5 Å². The molecule has 1 atom stereocenters. The zero-order chi connectivity index (χ0) is 12.9. The lowest BCUT2D eigenvalue weighted by molar-refractivity contribution is -0.325. The van der Waals surface area contributed by atoms with Gasteiger partial charge in [0, 0.05) is 6.04 Å². The van der Waals surface area contributed by atoms with Crippen molar-refractivity contribution in [3.05, 3.63) is 29.8 Å². The Morgan fingerprint density at radius 2 is 1.76 bits per heavy atom. The quantitative estimate of drug-likeness (QED) is 0.816. The van der Waals surface area contributed by atoms with Crippen LogP contribution in [-0.4, -0.2) is 19.6 Å². The van der Waals surface area contributed by atoms with Crippen LogP contribution in [0.2, 0.25) is 0 Å². The molecule has 0 heterocycles. The highest BCUT2D eigenvalue weighted by atomic mass is 19.4. The van der Waals surface area contributed by atoms with E-state index in [0.29, 0.717) is 5.75 Å². The first-order valence-corrected chi connectivity index (χ1v) is 5.07. The maximum Gasteiger partial charge on any atom is 0.522 e. The third kappa shape index (κ3) is 5.55. The Morgan fingerprint density at radius 1 is 1.18 bits per heavy atom. The van der Waals surface area contributed by atoms with Crippen LogP contribution in [0.1, 0.15) is 18.5 Å². The number of hydrogen-bond donors (Lipinski definition) is 1. The zero-order valence-electron chi connectivity index (χ0n) is 9.33. The minimum Gasteiger partial charge on any atom is -0.491 e. The van der Waals surface area contributed by atoms with Gasteiger partial charge in [-0.3, -0.25) is 4.74 Å². The number of nitrogens with two attached hydrogens (primary N) is 1. The van der Waals surface area contributed by atoms with Gasteiger partial charge >= 0.3 is 6.36 Å². The van der Waals surface area contributed by atoms with Crippen LogP contribution in [0.4, 0.5) is 13.2 Å². The van der Waals surface area contributed by atoms with Crippen molar-refractivity contribution in [1.29, 1.82) is 0 Å². The molecule has 0 bridgehead atoms. The standard InChI is InChI=1S/C11H14F3NO2/c1-8(15)9-2-4-10(5-3-9)16-6-7-17-11(12,13)14/h2-5,8H,6-7,15H2,1H3/t8-/m0/s1. The summed E-state index contributed by atoms with van der Waals surface area (Å²) >= 11 is 0. The van der Waals surface area contributed by atoms with E-state index in [4.69, 9.17) is 10.5 Å². The lowest BCUT2D eigenvalue weighted by Crippen LogP contribution is -2.18. The molecule has 0 unspecified atom stereocenters. The van der Waals surface area contributed by atoms with E-state index in [1.807, 2.05) is 6.92 Å². The van der Waals surface area contributed by atoms with Crippen molar-refractivity contribution in [2.24, 2.45) is 5.73 Å². The van der Waals surface area contributed by atoms with Crippen molar-refractivity contribution in [1.82, 2.24) is 0 Å². The van der Waals surface area contributed by atoms with E-state index in [-0.39, 0.29) is 12.6 Å². The van der Waals surface area contributed by atoms with Gasteiger partial charge in [0.2, 0.25) is 0 Å². The molecular weight excluding hydrogens is 235 g/mol. The molecule has 1 aromatic carbocycles. The molecule has 1 aromatic rings. The van der Waals surface area contributed by atoms with Crippen LogP contribution in [0, 0.1) is 0 Å². The van der Waals surface area contributed by atoms with E-state index < -0.39 is 13.0 Å². The smallest absolute Gasteiger partial charge is 0.491 e. The molecule has 17 heavy (non-hydrogen) atoms. The first-order chi connectivity index (χ1) is 7.88. The van der Waals surface area contributed by atoms with Crippen molar-refractivity contribution in [2.45, 2.75) is 19.3 Å². The van der Waals surface area contributed by atoms with Crippen molar-refractivity contribution < 1.29 is 22.6 Å². The molecule has 0 saturated heterocycles. The van der Waals surface area contributed by atoms with Crippen LogP contribution in [0.5, 0.6) is 5.75 Å². The summed E-state index contributed by atoms with van der Waals surface area (Å²) < 4.78 is 43.5. The molecule has 0 aliphatic heterocycles. The fourth-order valence-electron chi connectivity index (χ4n) is 1.18. The lowest BCUT2D eigenvalue weighted by atomic mass is 10.1. The zero-order valence-corrected chi connectivity index (χ0v) is 9.33. The molecule has 6 heteroatoms. The van der Waals surface area contributed by atoms with E-state index in [1.54, 1.807) is 24.3 Å². The highest BCUT2D eigenvalue weighted by Gasteiger charge is 2.28. The molecule has 96 valence electrons. The summed E-state index contributed by atoms with van der Waals surface area (Å²) in [5.41, 5.74) is 6.58. The van der Waals surface area contributed by atoms with Crippen molar-refractivity contribution in [3.63, 3.8) is 0 Å². The highest BCUT2D eigenvalue weighted by Crippen LogP contribution is 2.17. The Kier molecular flexibility index (Phi) is 4.77. The van der Waals surface area contributed by atoms with Crippen LogP contribution in [0.15, 0.2) is 24.3 Å². The molecule has 0 aliphatic carbocycles. The van der Waals surface area contributed by atoms with Crippen LogP contribution >= 0.6 is 0 Å². The van der Waals surface area contributed by atoms with Crippen LogP contribution in [0.3, 0.4) is 0 Å². The van der Waals surface area contributed by atoms with Gasteiger partial charge in [-0.05, 0) is 24.6 Å². The summed E-state index contributed by atoms with van der Waals surface area (Å²) in [6, 6.07) is 6.77. The van der Waals surface area contributed by atoms with Gasteiger partial charge in [-0.1, -0.05) is 12.1 Å².